The Morgan fingerprint density at radius 3 is 2.77 bits per heavy atom. The monoisotopic (exact) mass is 493 g/mol. The van der Waals surface area contributed by atoms with Crippen LogP contribution in [-0.4, -0.2) is 36.4 Å². The predicted molar refractivity (Wildman–Crippen MR) is 120 cm³/mol. The molecule has 1 N–H and O–H groups in total. The molecule has 160 valence electrons. The van der Waals surface area contributed by atoms with Crippen molar-refractivity contribution < 1.29 is 18.4 Å². The minimum absolute atomic E-state index is 0.0481. The van der Waals surface area contributed by atoms with E-state index in [-0.39, 0.29) is 16.9 Å². The number of nitrogens with one attached hydrogen (secondary N) is 1. The van der Waals surface area contributed by atoms with Gasteiger partial charge >= 0.3 is 6.09 Å². The second-order valence-corrected chi connectivity index (χ2v) is 11.0. The van der Waals surface area contributed by atoms with Gasteiger partial charge in [0.05, 0.1) is 24.5 Å². The van der Waals surface area contributed by atoms with Crippen LogP contribution in [0.5, 0.6) is 0 Å². The average Bonchev–Trinajstić information content (AvgIpc) is 3.37. The first-order valence-corrected chi connectivity index (χ1v) is 12.6. The lowest BCUT2D eigenvalue weighted by Gasteiger charge is -2.53. The fourth-order valence-electron chi connectivity index (χ4n) is 5.12. The van der Waals surface area contributed by atoms with Gasteiger partial charge in [0.25, 0.3) is 0 Å². The van der Waals surface area contributed by atoms with Gasteiger partial charge in [-0.3, -0.25) is 9.80 Å². The maximum atomic E-state index is 14.4. The molecule has 6 rings (SSSR count). The quantitative estimate of drug-likeness (QED) is 0.379. The van der Waals surface area contributed by atoms with Crippen LogP contribution in [0, 0.1) is 17.7 Å². The molecule has 30 heavy (non-hydrogen) atoms. The van der Waals surface area contributed by atoms with Gasteiger partial charge in [0.1, 0.15) is 5.82 Å². The Morgan fingerprint density at radius 1 is 1.27 bits per heavy atom. The standard InChI is InChI=1S/C23H26BrFN2O2S/c24-22(20-2-1-11-30-20)18-13-17(5-6-19(18)25)26-23(28)29-21-12-15-7-9-27(21,10-8-15)14-16-3-4-16/h1-2,5-6,11,13,15-16,21-22H,3-4,7-10,12,14H2/p+1/t15?,21?,22-,27?/m1/s1. The van der Waals surface area contributed by atoms with Gasteiger partial charge in [0, 0.05) is 41.3 Å². The van der Waals surface area contributed by atoms with E-state index >= 15 is 0 Å². The summed E-state index contributed by atoms with van der Waals surface area (Å²) in [6, 6.07) is 8.60. The number of carbonyl (C=O) groups is 1. The molecule has 1 amide bonds. The van der Waals surface area contributed by atoms with Gasteiger partial charge in [0.15, 0.2) is 0 Å². The molecule has 4 nitrogen and oxygen atoms in total. The molecular weight excluding hydrogens is 467 g/mol. The Labute approximate surface area is 189 Å². The number of piperidine rings is 3. The highest BCUT2D eigenvalue weighted by Crippen LogP contribution is 2.43. The van der Waals surface area contributed by atoms with Crippen molar-refractivity contribution in [1.29, 1.82) is 0 Å². The molecule has 4 heterocycles. The zero-order valence-electron chi connectivity index (χ0n) is 16.9. The van der Waals surface area contributed by atoms with E-state index in [0.717, 1.165) is 41.3 Å². The lowest BCUT2D eigenvalue weighted by Crippen LogP contribution is -2.66. The summed E-state index contributed by atoms with van der Waals surface area (Å²) in [5.41, 5.74) is 1.06. The first-order chi connectivity index (χ1) is 14.5. The summed E-state index contributed by atoms with van der Waals surface area (Å²) in [6.07, 6.45) is 5.64. The van der Waals surface area contributed by atoms with Gasteiger partial charge in [-0.25, -0.2) is 9.18 Å². The first-order valence-electron chi connectivity index (χ1n) is 10.8. The topological polar surface area (TPSA) is 38.3 Å². The van der Waals surface area contributed by atoms with E-state index < -0.39 is 6.09 Å². The van der Waals surface area contributed by atoms with Crippen LogP contribution in [0.4, 0.5) is 14.9 Å². The molecule has 4 aliphatic rings. The minimum atomic E-state index is -0.430. The minimum Gasteiger partial charge on any atom is -0.396 e. The Hall–Kier alpha value is -1.44. The third-order valence-corrected chi connectivity index (χ3v) is 9.21. The first kappa shape index (κ1) is 20.5. The number of thiophene rings is 1. The summed E-state index contributed by atoms with van der Waals surface area (Å²) in [5, 5.41) is 4.81. The van der Waals surface area contributed by atoms with Gasteiger partial charge in [-0.1, -0.05) is 22.0 Å². The SMILES string of the molecule is O=C(Nc1ccc(F)c([C@@H](Br)c2cccs2)c1)OC1CC2CC[N+]1(CC1CC1)CC2. The number of alkyl halides is 1. The number of quaternary nitrogens is 1. The number of ether oxygens (including phenoxy) is 1. The zero-order valence-corrected chi connectivity index (χ0v) is 19.3. The van der Waals surface area contributed by atoms with Crippen molar-refractivity contribution in [3.63, 3.8) is 0 Å². The number of anilines is 1. The van der Waals surface area contributed by atoms with Crippen molar-refractivity contribution in [1.82, 2.24) is 0 Å². The molecule has 0 radical (unpaired) electrons. The molecule has 0 spiro atoms. The molecule has 1 saturated carbocycles. The van der Waals surface area contributed by atoms with Crippen LogP contribution < -0.4 is 5.32 Å². The van der Waals surface area contributed by atoms with Crippen LogP contribution in [0.1, 0.15) is 47.4 Å². The second kappa shape index (κ2) is 8.24. The highest BCUT2D eigenvalue weighted by atomic mass is 79.9. The fourth-order valence-corrected chi connectivity index (χ4v) is 6.66. The normalized spacial score (nSPS) is 28.9. The van der Waals surface area contributed by atoms with E-state index in [9.17, 15) is 9.18 Å². The van der Waals surface area contributed by atoms with Crippen molar-refractivity contribution in [3.8, 4) is 0 Å². The zero-order chi connectivity index (χ0) is 20.7. The van der Waals surface area contributed by atoms with Gasteiger partial charge in [0.2, 0.25) is 6.23 Å². The Kier molecular flexibility index (Phi) is 5.62. The third-order valence-electron chi connectivity index (χ3n) is 6.98. The van der Waals surface area contributed by atoms with Crippen LogP contribution >= 0.6 is 27.3 Å². The van der Waals surface area contributed by atoms with E-state index in [1.54, 1.807) is 23.5 Å². The van der Waals surface area contributed by atoms with Crippen LogP contribution in [0.15, 0.2) is 35.7 Å². The highest BCUT2D eigenvalue weighted by Gasteiger charge is 2.51. The average molecular weight is 494 g/mol. The van der Waals surface area contributed by atoms with Crippen molar-refractivity contribution >= 4 is 39.0 Å². The number of benzene rings is 1. The molecule has 2 aromatic rings. The number of hydrogen-bond donors (Lipinski definition) is 1. The highest BCUT2D eigenvalue weighted by molar-refractivity contribution is 9.09. The summed E-state index contributed by atoms with van der Waals surface area (Å²) in [5.74, 6) is 1.19. The van der Waals surface area contributed by atoms with Gasteiger partial charge in [-0.15, -0.1) is 11.3 Å². The summed E-state index contributed by atoms with van der Waals surface area (Å²) in [7, 11) is 0. The van der Waals surface area contributed by atoms with Crippen LogP contribution in [0.3, 0.4) is 0 Å². The Morgan fingerprint density at radius 2 is 2.07 bits per heavy atom. The number of carbonyl (C=O) groups excluding carboxylic acids is 1. The Balaban J connectivity index is 1.28. The van der Waals surface area contributed by atoms with E-state index in [1.165, 1.54) is 31.7 Å². The van der Waals surface area contributed by atoms with Crippen LogP contribution in [0.25, 0.3) is 0 Å². The summed E-state index contributed by atoms with van der Waals surface area (Å²) < 4.78 is 21.4. The number of rotatable bonds is 6. The molecular formula is C23H27BrFN2O2S+. The second-order valence-electron chi connectivity index (χ2n) is 9.07. The van der Waals surface area contributed by atoms with Crippen LogP contribution in [-0.2, 0) is 4.74 Å². The molecule has 1 aliphatic carbocycles. The molecule has 1 aromatic carbocycles. The molecule has 7 heteroatoms. The largest absolute Gasteiger partial charge is 0.416 e. The number of hydrogen-bond acceptors (Lipinski definition) is 3. The van der Waals surface area contributed by atoms with Crippen molar-refractivity contribution in [2.45, 2.75) is 43.2 Å². The summed E-state index contributed by atoms with van der Waals surface area (Å²) >= 11 is 5.15. The lowest BCUT2D eigenvalue weighted by molar-refractivity contribution is -0.985. The van der Waals surface area contributed by atoms with Crippen molar-refractivity contribution in [3.05, 3.63) is 52.0 Å². The van der Waals surface area contributed by atoms with E-state index in [2.05, 4.69) is 21.2 Å². The molecule has 2 atom stereocenters. The lowest BCUT2D eigenvalue weighted by atomic mass is 9.84. The smallest absolute Gasteiger partial charge is 0.396 e. The van der Waals surface area contributed by atoms with E-state index in [4.69, 9.17) is 4.74 Å². The van der Waals surface area contributed by atoms with E-state index in [0.29, 0.717) is 17.2 Å². The molecule has 3 saturated heterocycles. The summed E-state index contributed by atoms with van der Waals surface area (Å²) in [4.78, 5) is 13.5. The predicted octanol–water partition coefficient (Wildman–Crippen LogP) is 6.29. The van der Waals surface area contributed by atoms with Crippen LogP contribution in [0.2, 0.25) is 0 Å². The molecule has 2 bridgehead atoms. The maximum absolute atomic E-state index is 14.4. The number of nitrogens with zero attached hydrogens (tertiary/aromatic N) is 1. The third kappa shape index (κ3) is 4.16. The fraction of sp³-hybridized carbons (Fsp3) is 0.522. The van der Waals surface area contributed by atoms with Gasteiger partial charge < -0.3 is 4.74 Å². The molecule has 1 aromatic heterocycles. The Bertz CT molecular complexity index is 910. The van der Waals surface area contributed by atoms with Crippen molar-refractivity contribution in [2.24, 2.45) is 11.8 Å². The number of fused-ring (bicyclic) bond motifs is 3. The van der Waals surface area contributed by atoms with Gasteiger partial charge in [-0.05, 0) is 48.4 Å². The number of amides is 1. The van der Waals surface area contributed by atoms with E-state index in [1.807, 2.05) is 17.5 Å². The van der Waals surface area contributed by atoms with Crippen molar-refractivity contribution in [2.75, 3.05) is 25.0 Å². The molecule has 4 fully saturated rings. The van der Waals surface area contributed by atoms with Gasteiger partial charge in [-0.2, -0.15) is 0 Å². The molecule has 3 aliphatic heterocycles. The maximum Gasteiger partial charge on any atom is 0.416 e. The summed E-state index contributed by atoms with van der Waals surface area (Å²) in [6.45, 7) is 3.41. The number of halogens is 2. The molecule has 1 unspecified atom stereocenters.